The van der Waals surface area contributed by atoms with E-state index in [-0.39, 0.29) is 11.8 Å². The Bertz CT molecular complexity index is 825. The molecule has 1 saturated heterocycles. The lowest BCUT2D eigenvalue weighted by Crippen LogP contribution is -2.36. The van der Waals surface area contributed by atoms with Gasteiger partial charge in [-0.15, -0.1) is 0 Å². The quantitative estimate of drug-likeness (QED) is 0.566. The molecule has 29 heavy (non-hydrogen) atoms. The van der Waals surface area contributed by atoms with Crippen molar-refractivity contribution >= 4 is 21.7 Å². The van der Waals surface area contributed by atoms with Crippen molar-refractivity contribution in [1.29, 1.82) is 0 Å². The molecule has 1 unspecified atom stereocenters. The molecule has 2 heterocycles. The second-order valence-corrected chi connectivity index (χ2v) is 9.88. The molecule has 1 aliphatic heterocycles. The second kappa shape index (κ2) is 10.1. The smallest absolute Gasteiger partial charge is 0.246 e. The van der Waals surface area contributed by atoms with Crippen LogP contribution in [-0.4, -0.2) is 106 Å². The van der Waals surface area contributed by atoms with Crippen molar-refractivity contribution in [3.05, 3.63) is 30.2 Å². The van der Waals surface area contributed by atoms with Gasteiger partial charge in [-0.3, -0.25) is 4.79 Å². The van der Waals surface area contributed by atoms with E-state index in [4.69, 9.17) is 0 Å². The Morgan fingerprint density at radius 1 is 1.21 bits per heavy atom. The summed E-state index contributed by atoms with van der Waals surface area (Å²) in [4.78, 5) is 26.8. The van der Waals surface area contributed by atoms with Gasteiger partial charge in [-0.05, 0) is 26.4 Å². The highest BCUT2D eigenvalue weighted by molar-refractivity contribution is 7.88. The van der Waals surface area contributed by atoms with Crippen LogP contribution in [-0.2, 0) is 21.2 Å². The van der Waals surface area contributed by atoms with Crippen LogP contribution in [0.2, 0.25) is 0 Å². The number of hydrogen-bond acceptors (Lipinski definition) is 7. The van der Waals surface area contributed by atoms with Gasteiger partial charge in [-0.25, -0.2) is 22.7 Å². The topological polar surface area (TPSA) is 90.0 Å². The van der Waals surface area contributed by atoms with Crippen LogP contribution >= 0.6 is 0 Å². The van der Waals surface area contributed by atoms with Crippen LogP contribution in [0.15, 0.2) is 24.5 Å². The zero-order valence-corrected chi connectivity index (χ0v) is 18.8. The molecule has 1 amide bonds. The predicted octanol–water partition coefficient (Wildman–Crippen LogP) is -0.0771. The number of anilines is 1. The van der Waals surface area contributed by atoms with E-state index in [0.717, 1.165) is 11.5 Å². The van der Waals surface area contributed by atoms with Crippen LogP contribution < -0.4 is 4.90 Å². The van der Waals surface area contributed by atoms with Gasteiger partial charge in [0.25, 0.3) is 0 Å². The van der Waals surface area contributed by atoms with E-state index in [2.05, 4.69) is 9.97 Å². The molecule has 0 N–H and O–H groups in total. The number of likely N-dealkylation sites (N-methyl/N-ethyl adjacent to an activating group) is 1. The van der Waals surface area contributed by atoms with Crippen molar-refractivity contribution in [2.24, 2.45) is 5.92 Å². The molecule has 0 bridgehead atoms. The van der Waals surface area contributed by atoms with E-state index in [0.29, 0.717) is 39.1 Å². The summed E-state index contributed by atoms with van der Waals surface area (Å²) in [7, 11) is 4.34. The molecule has 1 aromatic heterocycles. The van der Waals surface area contributed by atoms with Gasteiger partial charge >= 0.3 is 0 Å². The molecular weight excluding hydrogens is 392 g/mol. The number of aromatic nitrogens is 2. The van der Waals surface area contributed by atoms with Crippen molar-refractivity contribution in [2.45, 2.75) is 6.42 Å². The Kier molecular flexibility index (Phi) is 8.12. The first-order chi connectivity index (χ1) is 13.6. The van der Waals surface area contributed by atoms with Crippen LogP contribution in [0.1, 0.15) is 5.69 Å². The minimum Gasteiger partial charge on any atom is -0.363 e. The fourth-order valence-corrected chi connectivity index (χ4v) is 4.11. The number of nitrogens with zero attached hydrogens (tertiary/aromatic N) is 6. The molecule has 1 atom stereocenters. The van der Waals surface area contributed by atoms with E-state index in [9.17, 15) is 13.2 Å². The lowest BCUT2D eigenvalue weighted by Gasteiger charge is -2.23. The third-order valence-electron chi connectivity index (χ3n) is 4.74. The first-order valence-corrected chi connectivity index (χ1v) is 11.4. The van der Waals surface area contributed by atoms with Gasteiger partial charge in [-0.2, -0.15) is 0 Å². The number of amides is 1. The third-order valence-corrected chi connectivity index (χ3v) is 6.01. The molecule has 0 saturated carbocycles. The number of carbonyl (C=O) groups is 1. The Morgan fingerprint density at radius 3 is 2.55 bits per heavy atom. The fourth-order valence-electron chi connectivity index (χ4n) is 3.21. The maximum Gasteiger partial charge on any atom is 0.246 e. The minimum atomic E-state index is -3.34. The normalized spacial score (nSPS) is 19.0. The molecule has 162 valence electrons. The monoisotopic (exact) mass is 424 g/mol. The molecule has 1 aromatic rings. The summed E-state index contributed by atoms with van der Waals surface area (Å²) in [5.74, 6) is 0.648. The van der Waals surface area contributed by atoms with Crippen molar-refractivity contribution in [3.63, 3.8) is 0 Å². The lowest BCUT2D eigenvalue weighted by atomic mass is 10.0. The summed E-state index contributed by atoms with van der Waals surface area (Å²) in [6.45, 7) is 2.20. The predicted molar refractivity (Wildman–Crippen MR) is 114 cm³/mol. The maximum atomic E-state index is 12.7. The average molecular weight is 425 g/mol. The molecule has 1 aliphatic rings. The zero-order chi connectivity index (χ0) is 21.6. The highest BCUT2D eigenvalue weighted by Gasteiger charge is 2.29. The van der Waals surface area contributed by atoms with E-state index >= 15 is 0 Å². The Morgan fingerprint density at radius 2 is 1.93 bits per heavy atom. The number of sulfonamides is 1. The van der Waals surface area contributed by atoms with Gasteiger partial charge in [-0.1, -0.05) is 6.08 Å². The van der Waals surface area contributed by atoms with Crippen molar-refractivity contribution in [1.82, 2.24) is 24.1 Å². The summed E-state index contributed by atoms with van der Waals surface area (Å²) in [5.41, 5.74) is 0.833. The maximum absolute atomic E-state index is 12.7. The van der Waals surface area contributed by atoms with E-state index in [1.807, 2.05) is 50.1 Å². The van der Waals surface area contributed by atoms with Crippen molar-refractivity contribution in [2.75, 3.05) is 72.1 Å². The molecule has 0 aliphatic carbocycles. The summed E-state index contributed by atoms with van der Waals surface area (Å²) in [5, 5.41) is 0. The van der Waals surface area contributed by atoms with Gasteiger partial charge in [0.15, 0.2) is 0 Å². The fraction of sp³-hybridized carbons (Fsp3) is 0.632. The lowest BCUT2D eigenvalue weighted by molar-refractivity contribution is -0.126. The summed E-state index contributed by atoms with van der Waals surface area (Å²) in [6, 6.07) is 1.90. The Labute approximate surface area is 174 Å². The molecule has 0 spiro atoms. The molecule has 10 heteroatoms. The van der Waals surface area contributed by atoms with Crippen LogP contribution in [0.3, 0.4) is 0 Å². The number of hydrogen-bond donors (Lipinski definition) is 0. The SMILES string of the molecule is CN(C)C/C=C/C(=O)N1CCN(S(C)(=O)=O)CC(Cc2cc(N(C)C)ncn2)C1. The first-order valence-electron chi connectivity index (χ1n) is 9.60. The Balaban J connectivity index is 2.19. The Hall–Kier alpha value is -2.04. The van der Waals surface area contributed by atoms with Gasteiger partial charge in [0.05, 0.1) is 6.26 Å². The van der Waals surface area contributed by atoms with Gasteiger partial charge in [0.2, 0.25) is 15.9 Å². The van der Waals surface area contributed by atoms with Crippen LogP contribution in [0.25, 0.3) is 0 Å². The van der Waals surface area contributed by atoms with Crippen molar-refractivity contribution in [3.8, 4) is 0 Å². The van der Waals surface area contributed by atoms with E-state index in [1.54, 1.807) is 11.0 Å². The van der Waals surface area contributed by atoms with E-state index < -0.39 is 10.0 Å². The molecule has 0 aromatic carbocycles. The van der Waals surface area contributed by atoms with Crippen LogP contribution in [0.5, 0.6) is 0 Å². The summed E-state index contributed by atoms with van der Waals surface area (Å²) >= 11 is 0. The standard InChI is InChI=1S/C19H32N6O3S/c1-22(2)8-6-7-19(26)24-9-10-25(29(5,27)28)14-16(13-24)11-17-12-18(23(3)4)21-15-20-17/h6-7,12,15-16H,8-11,13-14H2,1-5H3/b7-6+. The van der Waals surface area contributed by atoms with E-state index in [1.165, 1.54) is 16.9 Å². The number of carbonyl (C=O) groups excluding carboxylic acids is 1. The molecule has 0 radical (unpaired) electrons. The highest BCUT2D eigenvalue weighted by atomic mass is 32.2. The molecule has 1 fully saturated rings. The molecule has 2 rings (SSSR count). The minimum absolute atomic E-state index is 0.0525. The molecular formula is C19H32N6O3S. The molecule has 9 nitrogen and oxygen atoms in total. The number of rotatable bonds is 7. The zero-order valence-electron chi connectivity index (χ0n) is 17.9. The second-order valence-electron chi connectivity index (χ2n) is 7.90. The van der Waals surface area contributed by atoms with Gasteiger partial charge in [0, 0.05) is 64.7 Å². The average Bonchev–Trinajstić information content (AvgIpc) is 2.84. The van der Waals surface area contributed by atoms with Gasteiger partial charge in [0.1, 0.15) is 12.1 Å². The third kappa shape index (κ3) is 7.37. The highest BCUT2D eigenvalue weighted by Crippen LogP contribution is 2.18. The van der Waals surface area contributed by atoms with Gasteiger partial charge < -0.3 is 14.7 Å². The first kappa shape index (κ1) is 23.2. The van der Waals surface area contributed by atoms with Crippen molar-refractivity contribution < 1.29 is 13.2 Å². The summed E-state index contributed by atoms with van der Waals surface area (Å²) in [6.07, 6.45) is 6.70. The van der Waals surface area contributed by atoms with Crippen LogP contribution in [0, 0.1) is 5.92 Å². The summed E-state index contributed by atoms with van der Waals surface area (Å²) < 4.78 is 25.8. The van der Waals surface area contributed by atoms with Crippen LogP contribution in [0.4, 0.5) is 5.82 Å². The largest absolute Gasteiger partial charge is 0.363 e.